The number of carboxylic acids is 1. The number of nitrogens with zero attached hydrogens (tertiary/aromatic N) is 1. The minimum Gasteiger partial charge on any atom is -0.496 e. The van der Waals surface area contributed by atoms with E-state index in [1.165, 1.54) is 30.2 Å². The van der Waals surface area contributed by atoms with Gasteiger partial charge < -0.3 is 20.5 Å². The summed E-state index contributed by atoms with van der Waals surface area (Å²) in [5.41, 5.74) is 2.51. The van der Waals surface area contributed by atoms with Crippen molar-refractivity contribution >= 4 is 46.7 Å². The highest BCUT2D eigenvalue weighted by Crippen LogP contribution is 2.28. The molecular formula is C29H33N3O6S2. The van der Waals surface area contributed by atoms with Crippen molar-refractivity contribution in [2.45, 2.75) is 44.5 Å². The van der Waals surface area contributed by atoms with Gasteiger partial charge in [-0.05, 0) is 29.7 Å². The van der Waals surface area contributed by atoms with Crippen LogP contribution in [-0.2, 0) is 31.4 Å². The average Bonchev–Trinajstić information content (AvgIpc) is 3.46. The predicted octanol–water partition coefficient (Wildman–Crippen LogP) is 3.96. The van der Waals surface area contributed by atoms with Crippen LogP contribution in [0.5, 0.6) is 5.75 Å². The Kier molecular flexibility index (Phi) is 11.7. The van der Waals surface area contributed by atoms with Gasteiger partial charge in [0.15, 0.2) is 5.78 Å². The fraction of sp³-hybridized carbons (Fsp3) is 0.345. The molecule has 0 aliphatic carbocycles. The van der Waals surface area contributed by atoms with Crippen molar-refractivity contribution in [2.75, 3.05) is 12.9 Å². The number of thioether (sulfide) groups is 1. The largest absolute Gasteiger partial charge is 0.496 e. The number of methoxy groups -OCH3 is 1. The van der Waals surface area contributed by atoms with Crippen LogP contribution in [0.15, 0.2) is 60.1 Å². The topological polar surface area (TPSA) is 135 Å². The molecule has 0 fully saturated rings. The molecule has 0 spiro atoms. The van der Waals surface area contributed by atoms with Crippen molar-refractivity contribution in [3.8, 4) is 16.3 Å². The summed E-state index contributed by atoms with van der Waals surface area (Å²) in [4.78, 5) is 54.9. The molecule has 1 aromatic heterocycles. The van der Waals surface area contributed by atoms with Crippen molar-refractivity contribution < 1.29 is 29.0 Å². The molecule has 3 aromatic rings. The van der Waals surface area contributed by atoms with E-state index in [9.17, 15) is 24.3 Å². The molecule has 0 aliphatic rings. The summed E-state index contributed by atoms with van der Waals surface area (Å²) in [6, 6.07) is 12.9. The minimum atomic E-state index is -1.21. The Morgan fingerprint density at radius 2 is 1.82 bits per heavy atom. The normalized spacial score (nSPS) is 12.4. The first-order chi connectivity index (χ1) is 19.2. The van der Waals surface area contributed by atoms with Gasteiger partial charge in [-0.2, -0.15) is 0 Å². The van der Waals surface area contributed by atoms with E-state index in [4.69, 9.17) is 4.74 Å². The van der Waals surface area contributed by atoms with Crippen LogP contribution in [0, 0.1) is 5.92 Å². The monoisotopic (exact) mass is 583 g/mol. The first-order valence-corrected chi connectivity index (χ1v) is 14.7. The molecule has 0 saturated heterocycles. The van der Waals surface area contributed by atoms with E-state index in [1.54, 1.807) is 26.1 Å². The maximum Gasteiger partial charge on any atom is 0.305 e. The van der Waals surface area contributed by atoms with E-state index in [2.05, 4.69) is 15.6 Å². The number of hydrogen-bond acceptors (Lipinski definition) is 8. The van der Waals surface area contributed by atoms with Crippen molar-refractivity contribution in [3.63, 3.8) is 0 Å². The quantitative estimate of drug-likeness (QED) is 0.245. The number of aromatic nitrogens is 1. The molecule has 3 rings (SSSR count). The van der Waals surface area contributed by atoms with Crippen LogP contribution in [0.2, 0.25) is 0 Å². The summed E-state index contributed by atoms with van der Waals surface area (Å²) in [7, 11) is 1.52. The molecule has 2 aromatic carbocycles. The van der Waals surface area contributed by atoms with Gasteiger partial charge in [0, 0.05) is 28.5 Å². The fourth-order valence-electron chi connectivity index (χ4n) is 3.97. The van der Waals surface area contributed by atoms with E-state index in [1.807, 2.05) is 47.8 Å². The van der Waals surface area contributed by atoms with Gasteiger partial charge in [0.25, 0.3) is 0 Å². The molecule has 3 N–H and O–H groups in total. The standard InChI is InChI=1S/C29H33N3O6S2/c1-18(2)27(32-25(34)14-21-13-20(9-10-24(21)38-3)29-30-11-12-40-29)28(37)31-22(15-26(35)36)23(33)17-39-16-19-7-5-4-6-8-19/h4-13,18,22,27H,14-17H2,1-3H3,(H,31,37)(H,32,34)(H,35,36). The molecule has 11 heteroatoms. The van der Waals surface area contributed by atoms with Gasteiger partial charge in [0.1, 0.15) is 16.8 Å². The van der Waals surface area contributed by atoms with Gasteiger partial charge in [0.05, 0.1) is 31.7 Å². The number of carbonyl (C=O) groups excluding carboxylic acids is 3. The molecule has 0 bridgehead atoms. The lowest BCUT2D eigenvalue weighted by Gasteiger charge is -2.25. The lowest BCUT2D eigenvalue weighted by Crippen LogP contribution is -2.54. The number of rotatable bonds is 15. The third-order valence-corrected chi connectivity index (χ3v) is 7.86. The van der Waals surface area contributed by atoms with E-state index < -0.39 is 42.1 Å². The van der Waals surface area contributed by atoms with Gasteiger partial charge in [-0.25, -0.2) is 4.98 Å². The summed E-state index contributed by atoms with van der Waals surface area (Å²) < 4.78 is 5.42. The number of amides is 2. The second kappa shape index (κ2) is 15.2. The predicted molar refractivity (Wildman–Crippen MR) is 156 cm³/mol. The highest BCUT2D eigenvalue weighted by Gasteiger charge is 2.30. The Morgan fingerprint density at radius 1 is 1.07 bits per heavy atom. The molecule has 1 heterocycles. The molecule has 2 amide bonds. The summed E-state index contributed by atoms with van der Waals surface area (Å²) in [5, 5.41) is 17.3. The van der Waals surface area contributed by atoms with Crippen LogP contribution in [0.1, 0.15) is 31.4 Å². The number of hydrogen-bond donors (Lipinski definition) is 3. The van der Waals surface area contributed by atoms with E-state index in [0.29, 0.717) is 17.1 Å². The maximum atomic E-state index is 13.2. The van der Waals surface area contributed by atoms with Gasteiger partial charge in [-0.1, -0.05) is 44.2 Å². The number of ketones is 1. The van der Waals surface area contributed by atoms with E-state index in [-0.39, 0.29) is 18.1 Å². The third kappa shape index (κ3) is 9.20. The van der Waals surface area contributed by atoms with E-state index in [0.717, 1.165) is 16.1 Å². The zero-order chi connectivity index (χ0) is 29.1. The Labute approximate surface area is 241 Å². The number of benzene rings is 2. The summed E-state index contributed by atoms with van der Waals surface area (Å²) in [6.07, 6.45) is 1.11. The Bertz CT molecular complexity index is 1300. The molecular weight excluding hydrogens is 550 g/mol. The maximum absolute atomic E-state index is 13.2. The molecule has 212 valence electrons. The molecule has 40 heavy (non-hydrogen) atoms. The van der Waals surface area contributed by atoms with Crippen LogP contribution in [0.25, 0.3) is 10.6 Å². The average molecular weight is 584 g/mol. The van der Waals surface area contributed by atoms with Crippen LogP contribution in [0.4, 0.5) is 0 Å². The summed E-state index contributed by atoms with van der Waals surface area (Å²) >= 11 is 2.82. The molecule has 0 saturated carbocycles. The van der Waals surface area contributed by atoms with Gasteiger partial charge in [-0.3, -0.25) is 19.2 Å². The van der Waals surface area contributed by atoms with Crippen molar-refractivity contribution in [1.29, 1.82) is 0 Å². The summed E-state index contributed by atoms with van der Waals surface area (Å²) in [6.45, 7) is 3.52. The van der Waals surface area contributed by atoms with E-state index >= 15 is 0 Å². The Morgan fingerprint density at radius 3 is 2.45 bits per heavy atom. The van der Waals surface area contributed by atoms with Crippen molar-refractivity contribution in [3.05, 3.63) is 71.2 Å². The molecule has 9 nitrogen and oxygen atoms in total. The van der Waals surface area contributed by atoms with Crippen LogP contribution >= 0.6 is 23.1 Å². The minimum absolute atomic E-state index is 0.0427. The summed E-state index contributed by atoms with van der Waals surface area (Å²) in [5.74, 6) is -1.79. The molecule has 0 aliphatic heterocycles. The second-order valence-electron chi connectivity index (χ2n) is 9.43. The van der Waals surface area contributed by atoms with Crippen molar-refractivity contribution in [1.82, 2.24) is 15.6 Å². The van der Waals surface area contributed by atoms with Crippen LogP contribution in [-0.4, -0.2) is 58.6 Å². The first kappa shape index (κ1) is 30.8. The first-order valence-electron chi connectivity index (χ1n) is 12.7. The Hall–Kier alpha value is -3.70. The Balaban J connectivity index is 1.65. The zero-order valence-electron chi connectivity index (χ0n) is 22.6. The van der Waals surface area contributed by atoms with Crippen LogP contribution in [0.3, 0.4) is 0 Å². The number of carboxylic acid groups (broad SMARTS) is 1. The second-order valence-corrected chi connectivity index (χ2v) is 11.3. The van der Waals surface area contributed by atoms with Gasteiger partial charge in [0.2, 0.25) is 11.8 Å². The highest BCUT2D eigenvalue weighted by atomic mass is 32.2. The highest BCUT2D eigenvalue weighted by molar-refractivity contribution is 7.99. The molecule has 2 unspecified atom stereocenters. The number of carbonyl (C=O) groups is 4. The SMILES string of the molecule is COc1ccc(-c2nccs2)cc1CC(=O)NC(C(=O)NC(CC(=O)O)C(=O)CSCc1ccccc1)C(C)C. The zero-order valence-corrected chi connectivity index (χ0v) is 24.2. The number of Topliss-reactive ketones (excluding diaryl/α,β-unsaturated/α-hetero) is 1. The lowest BCUT2D eigenvalue weighted by molar-refractivity contribution is -0.140. The third-order valence-electron chi connectivity index (χ3n) is 6.02. The van der Waals surface area contributed by atoms with Crippen LogP contribution < -0.4 is 15.4 Å². The number of aliphatic carboxylic acids is 1. The van der Waals surface area contributed by atoms with Gasteiger partial charge >= 0.3 is 5.97 Å². The molecule has 2 atom stereocenters. The lowest BCUT2D eigenvalue weighted by atomic mass is 10.0. The smallest absolute Gasteiger partial charge is 0.305 e. The number of thiazole rings is 1. The fourth-order valence-corrected chi connectivity index (χ4v) is 5.54. The van der Waals surface area contributed by atoms with Gasteiger partial charge in [-0.15, -0.1) is 23.1 Å². The molecule has 0 radical (unpaired) electrons. The number of ether oxygens (including phenoxy) is 1. The number of nitrogens with one attached hydrogen (secondary N) is 2. The van der Waals surface area contributed by atoms with Crippen molar-refractivity contribution in [2.24, 2.45) is 5.92 Å².